The molecule has 1 N–H and O–H groups in total. The van der Waals surface area contributed by atoms with Crippen LogP contribution in [0.1, 0.15) is 43.8 Å². The molecule has 0 bridgehead atoms. The van der Waals surface area contributed by atoms with Gasteiger partial charge < -0.3 is 9.73 Å². The number of aryl methyl sites for hydroxylation is 2. The first kappa shape index (κ1) is 15.5. The second-order valence-corrected chi connectivity index (χ2v) is 6.97. The van der Waals surface area contributed by atoms with Crippen LogP contribution in [0.3, 0.4) is 0 Å². The topological polar surface area (TPSA) is 81.7 Å². The molecule has 0 aromatic carbocycles. The molecule has 3 aromatic rings. The molecule has 0 saturated heterocycles. The number of rotatable bonds is 5. The van der Waals surface area contributed by atoms with Gasteiger partial charge in [-0.3, -0.25) is 0 Å². The summed E-state index contributed by atoms with van der Waals surface area (Å²) in [5.41, 5.74) is 0. The zero-order chi connectivity index (χ0) is 16.5. The van der Waals surface area contributed by atoms with E-state index in [4.69, 9.17) is 4.42 Å². The quantitative estimate of drug-likeness (QED) is 0.766. The predicted molar refractivity (Wildman–Crippen MR) is 90.7 cm³/mol. The van der Waals surface area contributed by atoms with Crippen molar-refractivity contribution in [1.82, 2.24) is 30.3 Å². The van der Waals surface area contributed by atoms with Gasteiger partial charge in [0.1, 0.15) is 5.82 Å². The highest BCUT2D eigenvalue weighted by Crippen LogP contribution is 2.25. The zero-order valence-corrected chi connectivity index (χ0v) is 14.6. The Morgan fingerprint density at radius 1 is 1.46 bits per heavy atom. The van der Waals surface area contributed by atoms with Crippen molar-refractivity contribution in [2.75, 3.05) is 0 Å². The number of hydrogen-bond acceptors (Lipinski definition) is 7. The van der Waals surface area contributed by atoms with E-state index in [0.717, 1.165) is 42.3 Å². The molecule has 4 rings (SSSR count). The predicted octanol–water partition coefficient (Wildman–Crippen LogP) is 2.62. The third kappa shape index (κ3) is 2.99. The van der Waals surface area contributed by atoms with Gasteiger partial charge in [0.2, 0.25) is 5.89 Å². The highest BCUT2D eigenvalue weighted by molar-refractivity contribution is 7.13. The van der Waals surface area contributed by atoms with E-state index in [1.807, 2.05) is 22.2 Å². The molecule has 8 heteroatoms. The highest BCUT2D eigenvalue weighted by Gasteiger charge is 2.24. The summed E-state index contributed by atoms with van der Waals surface area (Å²) in [6.45, 7) is 4.97. The smallest absolute Gasteiger partial charge is 0.257 e. The van der Waals surface area contributed by atoms with E-state index in [-0.39, 0.29) is 6.04 Å². The normalized spacial score (nSPS) is 18.5. The molecule has 7 nitrogen and oxygen atoms in total. The number of nitrogens with one attached hydrogen (secondary N) is 1. The van der Waals surface area contributed by atoms with Gasteiger partial charge in [0.25, 0.3) is 5.89 Å². The van der Waals surface area contributed by atoms with Crippen molar-refractivity contribution in [3.05, 3.63) is 35.1 Å². The third-order valence-electron chi connectivity index (χ3n) is 4.25. The van der Waals surface area contributed by atoms with Crippen molar-refractivity contribution in [2.24, 2.45) is 0 Å². The van der Waals surface area contributed by atoms with Gasteiger partial charge in [-0.05, 0) is 24.8 Å². The molecule has 4 heterocycles. The third-order valence-corrected chi connectivity index (χ3v) is 5.10. The monoisotopic (exact) mass is 344 g/mol. The molecule has 0 saturated carbocycles. The van der Waals surface area contributed by atoms with Gasteiger partial charge in [-0.2, -0.15) is 5.10 Å². The SMILES string of the molecule is CCc1nc2n(n1)C[C@@H](N[C@H](C)c1nnc(-c3cccs3)o1)CC2. The van der Waals surface area contributed by atoms with Crippen LogP contribution in [0.5, 0.6) is 0 Å². The molecule has 126 valence electrons. The van der Waals surface area contributed by atoms with Gasteiger partial charge in [-0.25, -0.2) is 9.67 Å². The van der Waals surface area contributed by atoms with Crippen LogP contribution in [0.25, 0.3) is 10.8 Å². The van der Waals surface area contributed by atoms with Crippen LogP contribution >= 0.6 is 11.3 Å². The zero-order valence-electron chi connectivity index (χ0n) is 13.8. The largest absolute Gasteiger partial charge is 0.418 e. The van der Waals surface area contributed by atoms with E-state index in [1.54, 1.807) is 11.3 Å². The Balaban J connectivity index is 1.42. The van der Waals surface area contributed by atoms with Crippen LogP contribution in [0, 0.1) is 0 Å². The van der Waals surface area contributed by atoms with Crippen LogP contribution in [-0.4, -0.2) is 31.0 Å². The molecular formula is C16H20N6OS. The minimum absolute atomic E-state index is 0.00642. The van der Waals surface area contributed by atoms with Crippen molar-refractivity contribution in [3.63, 3.8) is 0 Å². The van der Waals surface area contributed by atoms with Crippen molar-refractivity contribution in [2.45, 2.75) is 51.7 Å². The number of fused-ring (bicyclic) bond motifs is 1. The fourth-order valence-electron chi connectivity index (χ4n) is 2.98. The van der Waals surface area contributed by atoms with Crippen LogP contribution in [0.2, 0.25) is 0 Å². The molecule has 3 aromatic heterocycles. The summed E-state index contributed by atoms with van der Waals surface area (Å²) in [4.78, 5) is 5.56. The molecule has 0 aliphatic carbocycles. The Labute approximate surface area is 144 Å². The van der Waals surface area contributed by atoms with Crippen molar-refractivity contribution < 1.29 is 4.42 Å². The molecule has 0 amide bonds. The van der Waals surface area contributed by atoms with Crippen LogP contribution in [-0.2, 0) is 19.4 Å². The van der Waals surface area contributed by atoms with Gasteiger partial charge in [-0.15, -0.1) is 21.5 Å². The lowest BCUT2D eigenvalue weighted by atomic mass is 10.1. The maximum Gasteiger partial charge on any atom is 0.257 e. The minimum Gasteiger partial charge on any atom is -0.418 e. The molecule has 2 atom stereocenters. The average molecular weight is 344 g/mol. The van der Waals surface area contributed by atoms with Gasteiger partial charge in [0.05, 0.1) is 17.5 Å². The number of thiophene rings is 1. The number of nitrogens with zero attached hydrogens (tertiary/aromatic N) is 5. The van der Waals surface area contributed by atoms with E-state index in [9.17, 15) is 0 Å². The van der Waals surface area contributed by atoms with Crippen LogP contribution < -0.4 is 5.32 Å². The molecule has 0 fully saturated rings. The van der Waals surface area contributed by atoms with E-state index < -0.39 is 0 Å². The van der Waals surface area contributed by atoms with Gasteiger partial charge >= 0.3 is 0 Å². The second kappa shape index (κ2) is 6.45. The van der Waals surface area contributed by atoms with Crippen molar-refractivity contribution in [1.29, 1.82) is 0 Å². The van der Waals surface area contributed by atoms with Crippen LogP contribution in [0.15, 0.2) is 21.9 Å². The highest BCUT2D eigenvalue weighted by atomic mass is 32.1. The molecular weight excluding hydrogens is 324 g/mol. The summed E-state index contributed by atoms with van der Waals surface area (Å²) in [7, 11) is 0. The molecule has 1 aliphatic rings. The maximum absolute atomic E-state index is 5.81. The Hall–Kier alpha value is -2.06. The number of hydrogen-bond donors (Lipinski definition) is 1. The first-order chi connectivity index (χ1) is 11.7. The molecule has 1 aliphatic heterocycles. The fourth-order valence-corrected chi connectivity index (χ4v) is 3.62. The lowest BCUT2D eigenvalue weighted by Gasteiger charge is -2.25. The van der Waals surface area contributed by atoms with Gasteiger partial charge in [0, 0.05) is 18.9 Å². The van der Waals surface area contributed by atoms with Gasteiger partial charge in [0.15, 0.2) is 5.82 Å². The number of aromatic nitrogens is 5. The lowest BCUT2D eigenvalue weighted by Crippen LogP contribution is -2.39. The molecule has 0 spiro atoms. The fraction of sp³-hybridized carbons (Fsp3) is 0.500. The Kier molecular flexibility index (Phi) is 4.15. The van der Waals surface area contributed by atoms with E-state index >= 15 is 0 Å². The van der Waals surface area contributed by atoms with Crippen LogP contribution in [0.4, 0.5) is 0 Å². The molecule has 0 radical (unpaired) electrons. The maximum atomic E-state index is 5.81. The lowest BCUT2D eigenvalue weighted by molar-refractivity contribution is 0.310. The van der Waals surface area contributed by atoms with Gasteiger partial charge in [-0.1, -0.05) is 13.0 Å². The molecule has 0 unspecified atom stereocenters. The summed E-state index contributed by atoms with van der Waals surface area (Å²) in [6.07, 6.45) is 2.86. The Morgan fingerprint density at radius 2 is 2.38 bits per heavy atom. The van der Waals surface area contributed by atoms with Crippen molar-refractivity contribution >= 4 is 11.3 Å². The Bertz CT molecular complexity index is 809. The minimum atomic E-state index is 0.00642. The standard InChI is InChI=1S/C16H20N6OS/c1-3-13-18-14-7-6-11(9-22(14)21-13)17-10(2)15-19-20-16(23-15)12-5-4-8-24-12/h4-5,8,10-11,17H,3,6-7,9H2,1-2H3/t10-,11+/m1/s1. The first-order valence-corrected chi connectivity index (χ1v) is 9.17. The van der Waals surface area contributed by atoms with E-state index in [1.165, 1.54) is 0 Å². The summed E-state index contributed by atoms with van der Waals surface area (Å²) >= 11 is 1.60. The first-order valence-electron chi connectivity index (χ1n) is 8.29. The summed E-state index contributed by atoms with van der Waals surface area (Å²) in [5.74, 6) is 3.23. The average Bonchev–Trinajstić information content (AvgIpc) is 3.32. The second-order valence-electron chi connectivity index (χ2n) is 6.03. The van der Waals surface area contributed by atoms with E-state index in [2.05, 4.69) is 39.4 Å². The summed E-state index contributed by atoms with van der Waals surface area (Å²) in [5, 5.41) is 18.5. The Morgan fingerprint density at radius 3 is 3.17 bits per heavy atom. The summed E-state index contributed by atoms with van der Waals surface area (Å²) < 4.78 is 7.84. The molecule has 24 heavy (non-hydrogen) atoms. The van der Waals surface area contributed by atoms with E-state index in [0.29, 0.717) is 17.8 Å². The summed E-state index contributed by atoms with van der Waals surface area (Å²) in [6, 6.07) is 4.30. The van der Waals surface area contributed by atoms with Crippen molar-refractivity contribution in [3.8, 4) is 10.8 Å².